The minimum Gasteiger partial charge on any atom is -0.301 e. The van der Waals surface area contributed by atoms with Gasteiger partial charge in [0.15, 0.2) is 5.04 Å². The van der Waals surface area contributed by atoms with Crippen LogP contribution >= 0.6 is 0 Å². The van der Waals surface area contributed by atoms with E-state index < -0.39 is 11.1 Å². The lowest BCUT2D eigenvalue weighted by atomic mass is 10.6. The molecule has 0 spiro atoms. The van der Waals surface area contributed by atoms with E-state index in [0.717, 1.165) is 0 Å². The maximum atomic E-state index is 10.2. The van der Waals surface area contributed by atoms with Gasteiger partial charge in [0.2, 0.25) is 11.1 Å². The van der Waals surface area contributed by atoms with Crippen LogP contribution in [0.15, 0.2) is 9.98 Å². The summed E-state index contributed by atoms with van der Waals surface area (Å²) >= 11 is -1.95. The summed E-state index contributed by atoms with van der Waals surface area (Å²) in [6, 6.07) is 0. The first-order chi connectivity index (χ1) is 4.30. The zero-order valence-electron chi connectivity index (χ0n) is 4.65. The van der Waals surface area contributed by atoms with Gasteiger partial charge in [-0.05, 0) is 0 Å². The van der Waals surface area contributed by atoms with Crippen LogP contribution in [0.4, 0.5) is 0 Å². The summed E-state index contributed by atoms with van der Waals surface area (Å²) < 4.78 is 18.7. The highest BCUT2D eigenvalue weighted by molar-refractivity contribution is 7.97. The van der Waals surface area contributed by atoms with Gasteiger partial charge >= 0.3 is 0 Å². The van der Waals surface area contributed by atoms with Crippen LogP contribution in [0.5, 0.6) is 0 Å². The molecule has 0 aromatic carbocycles. The normalized spacial score (nSPS) is 21.2. The Bertz CT molecular complexity index is 187. The van der Waals surface area contributed by atoms with E-state index in [1.54, 1.807) is 0 Å². The molecule has 0 amide bonds. The SMILES string of the molecule is O=S(O)C1=NCCN=C1. The fraction of sp³-hybridized carbons (Fsp3) is 0.500. The van der Waals surface area contributed by atoms with Gasteiger partial charge in [-0.2, -0.15) is 0 Å². The van der Waals surface area contributed by atoms with E-state index in [-0.39, 0.29) is 5.04 Å². The zero-order valence-corrected chi connectivity index (χ0v) is 5.47. The molecule has 1 rings (SSSR count). The highest BCUT2D eigenvalue weighted by Crippen LogP contribution is 1.88. The van der Waals surface area contributed by atoms with Crippen LogP contribution in [-0.4, -0.2) is 33.1 Å². The van der Waals surface area contributed by atoms with Crippen molar-refractivity contribution in [3.63, 3.8) is 0 Å². The van der Waals surface area contributed by atoms with Crippen LogP contribution in [0.2, 0.25) is 0 Å². The topological polar surface area (TPSA) is 62.0 Å². The Morgan fingerprint density at radius 1 is 1.67 bits per heavy atom. The van der Waals surface area contributed by atoms with Gasteiger partial charge in [0.1, 0.15) is 0 Å². The van der Waals surface area contributed by atoms with Crippen molar-refractivity contribution in [3.05, 3.63) is 0 Å². The monoisotopic (exact) mass is 146 g/mol. The molecule has 5 heteroatoms. The first-order valence-electron chi connectivity index (χ1n) is 2.46. The quantitative estimate of drug-likeness (QED) is 0.476. The average Bonchev–Trinajstić information content (AvgIpc) is 1.90. The predicted octanol–water partition coefficient (Wildman–Crippen LogP) is -0.309. The number of nitrogens with zero attached hydrogens (tertiary/aromatic N) is 2. The molecule has 1 atom stereocenters. The summed E-state index contributed by atoms with van der Waals surface area (Å²) in [6.07, 6.45) is 1.33. The van der Waals surface area contributed by atoms with Gasteiger partial charge in [-0.25, -0.2) is 4.21 Å². The lowest BCUT2D eigenvalue weighted by Crippen LogP contribution is -2.13. The van der Waals surface area contributed by atoms with Crippen LogP contribution in [0.3, 0.4) is 0 Å². The minimum absolute atomic E-state index is 0.168. The Morgan fingerprint density at radius 2 is 2.44 bits per heavy atom. The van der Waals surface area contributed by atoms with E-state index >= 15 is 0 Å². The Hall–Kier alpha value is -0.550. The van der Waals surface area contributed by atoms with Crippen molar-refractivity contribution < 1.29 is 8.76 Å². The third-order valence-corrected chi connectivity index (χ3v) is 1.47. The fourth-order valence-electron chi connectivity index (χ4n) is 0.502. The minimum atomic E-state index is -1.95. The van der Waals surface area contributed by atoms with Crippen molar-refractivity contribution in [2.75, 3.05) is 13.1 Å². The van der Waals surface area contributed by atoms with E-state index in [2.05, 4.69) is 9.98 Å². The molecule has 0 radical (unpaired) electrons. The second-order valence-corrected chi connectivity index (χ2v) is 2.42. The van der Waals surface area contributed by atoms with Gasteiger partial charge in [0, 0.05) is 0 Å². The first kappa shape index (κ1) is 6.57. The van der Waals surface area contributed by atoms with E-state index in [0.29, 0.717) is 13.1 Å². The van der Waals surface area contributed by atoms with E-state index in [9.17, 15) is 4.21 Å². The molecule has 0 aliphatic carbocycles. The fourth-order valence-corrected chi connectivity index (χ4v) is 0.868. The zero-order chi connectivity index (χ0) is 6.69. The lowest BCUT2D eigenvalue weighted by Gasteiger charge is -1.98. The van der Waals surface area contributed by atoms with Crippen molar-refractivity contribution in [2.24, 2.45) is 9.98 Å². The van der Waals surface area contributed by atoms with Gasteiger partial charge in [-0.15, -0.1) is 0 Å². The summed E-state index contributed by atoms with van der Waals surface area (Å²) in [5.74, 6) is 0. The highest BCUT2D eigenvalue weighted by atomic mass is 32.2. The van der Waals surface area contributed by atoms with Crippen molar-refractivity contribution >= 4 is 22.3 Å². The maximum absolute atomic E-state index is 10.2. The molecule has 0 aromatic rings. The third kappa shape index (κ3) is 1.69. The number of hydrogen-bond acceptors (Lipinski definition) is 3. The van der Waals surface area contributed by atoms with Crippen LogP contribution in [0.1, 0.15) is 0 Å². The number of hydrogen-bond donors (Lipinski definition) is 1. The number of aliphatic imine (C=N–C) groups is 2. The summed E-state index contributed by atoms with van der Waals surface area (Å²) in [7, 11) is 0. The van der Waals surface area contributed by atoms with Crippen LogP contribution in [0, 0.1) is 0 Å². The Morgan fingerprint density at radius 3 is 2.78 bits per heavy atom. The van der Waals surface area contributed by atoms with Crippen LogP contribution < -0.4 is 0 Å². The molecule has 0 saturated heterocycles. The summed E-state index contributed by atoms with van der Waals surface area (Å²) in [5.41, 5.74) is 0. The smallest absolute Gasteiger partial charge is 0.206 e. The van der Waals surface area contributed by atoms with E-state index in [4.69, 9.17) is 4.55 Å². The Labute approximate surface area is 55.0 Å². The molecule has 4 nitrogen and oxygen atoms in total. The molecule has 1 unspecified atom stereocenters. The molecule has 1 aliphatic heterocycles. The molecule has 1 N–H and O–H groups in total. The first-order valence-corrected chi connectivity index (χ1v) is 3.56. The van der Waals surface area contributed by atoms with Crippen molar-refractivity contribution in [2.45, 2.75) is 0 Å². The van der Waals surface area contributed by atoms with Gasteiger partial charge in [0.25, 0.3) is 0 Å². The highest BCUT2D eigenvalue weighted by Gasteiger charge is 2.04. The van der Waals surface area contributed by atoms with Gasteiger partial charge in [-0.3, -0.25) is 9.98 Å². The summed E-state index contributed by atoms with van der Waals surface area (Å²) in [4.78, 5) is 7.52. The molecular formula is C4H6N2O2S. The van der Waals surface area contributed by atoms with Crippen molar-refractivity contribution in [3.8, 4) is 0 Å². The Kier molecular flexibility index (Phi) is 2.07. The molecule has 1 heterocycles. The van der Waals surface area contributed by atoms with E-state index in [1.165, 1.54) is 6.21 Å². The summed E-state index contributed by atoms with van der Waals surface area (Å²) in [5, 5.41) is 0.168. The molecule has 0 fully saturated rings. The largest absolute Gasteiger partial charge is 0.301 e. The summed E-state index contributed by atoms with van der Waals surface area (Å²) in [6.45, 7) is 1.15. The molecule has 1 aliphatic rings. The van der Waals surface area contributed by atoms with Crippen molar-refractivity contribution in [1.82, 2.24) is 0 Å². The van der Waals surface area contributed by atoms with Crippen LogP contribution in [-0.2, 0) is 11.1 Å². The Balaban J connectivity index is 2.69. The van der Waals surface area contributed by atoms with Gasteiger partial charge < -0.3 is 4.55 Å². The molecule has 0 bridgehead atoms. The second-order valence-electron chi connectivity index (χ2n) is 1.50. The van der Waals surface area contributed by atoms with Gasteiger partial charge in [0.05, 0.1) is 19.3 Å². The van der Waals surface area contributed by atoms with Gasteiger partial charge in [-0.1, -0.05) is 0 Å². The van der Waals surface area contributed by atoms with Crippen LogP contribution in [0.25, 0.3) is 0 Å². The molecule has 9 heavy (non-hydrogen) atoms. The standard InChI is InChI=1S/C4H6N2O2S/c7-9(8)4-3-5-1-2-6-4/h3H,1-2H2,(H,7,8). The molecule has 50 valence electrons. The predicted molar refractivity (Wildman–Crippen MR) is 36.4 cm³/mol. The molecule has 0 aromatic heterocycles. The van der Waals surface area contributed by atoms with E-state index in [1.807, 2.05) is 0 Å². The average molecular weight is 146 g/mol. The number of rotatable bonds is 0. The lowest BCUT2D eigenvalue weighted by molar-refractivity contribution is 0.577. The second kappa shape index (κ2) is 2.84. The molecule has 0 saturated carbocycles. The van der Waals surface area contributed by atoms with Crippen molar-refractivity contribution in [1.29, 1.82) is 0 Å². The maximum Gasteiger partial charge on any atom is 0.206 e. The third-order valence-electron chi connectivity index (χ3n) is 0.877. The molecular weight excluding hydrogens is 140 g/mol.